The summed E-state index contributed by atoms with van der Waals surface area (Å²) in [5.41, 5.74) is 4.15. The molecule has 5 nitrogen and oxygen atoms in total. The smallest absolute Gasteiger partial charge is 0.194 e. The van der Waals surface area contributed by atoms with Gasteiger partial charge in [-0.3, -0.25) is 0 Å². The molecule has 0 bridgehead atoms. The second-order valence-electron chi connectivity index (χ2n) is 7.21. The van der Waals surface area contributed by atoms with E-state index in [9.17, 15) is 0 Å². The number of likely N-dealkylation sites (tertiary alicyclic amines) is 1. The number of aryl methyl sites for hydroxylation is 1. The van der Waals surface area contributed by atoms with E-state index in [0.29, 0.717) is 5.92 Å². The number of methoxy groups -OCH3 is 1. The number of nitrogens with zero attached hydrogens (tertiary/aromatic N) is 3. The number of anilines is 1. The highest BCUT2D eigenvalue weighted by Crippen LogP contribution is 2.27. The van der Waals surface area contributed by atoms with Crippen LogP contribution in [-0.2, 0) is 17.7 Å². The lowest BCUT2D eigenvalue weighted by molar-refractivity contribution is 0.157. The molecule has 1 N–H and O–H groups in total. The number of guanidine groups is 1. The fourth-order valence-electron chi connectivity index (χ4n) is 3.93. The number of hydrogen-bond acceptors (Lipinski definition) is 3. The lowest BCUT2D eigenvalue weighted by atomic mass is 10.00. The minimum Gasteiger partial charge on any atom is -0.384 e. The normalized spacial score (nSPS) is 20.8. The molecule has 1 aromatic carbocycles. The van der Waals surface area contributed by atoms with Gasteiger partial charge in [-0.2, -0.15) is 0 Å². The Morgan fingerprint density at radius 1 is 1.36 bits per heavy atom. The number of aliphatic imine (C=N–C) groups is 1. The standard InChI is InChI=1S/C20H32N4O/c1-4-21-20(24-11-9-17(14-24)15-25-3)22-13-16-7-8-19-18(12-16)6-5-10-23(19)2/h7-8,12,17H,4-6,9-11,13-15H2,1-3H3,(H,21,22). The fourth-order valence-corrected chi connectivity index (χ4v) is 3.93. The summed E-state index contributed by atoms with van der Waals surface area (Å²) in [6.45, 7) is 7.88. The number of benzene rings is 1. The molecule has 1 aromatic rings. The maximum atomic E-state index is 5.31. The number of ether oxygens (including phenoxy) is 1. The molecule has 138 valence electrons. The van der Waals surface area contributed by atoms with Gasteiger partial charge in [0.05, 0.1) is 13.2 Å². The largest absolute Gasteiger partial charge is 0.384 e. The molecule has 0 aromatic heterocycles. The van der Waals surface area contributed by atoms with Gasteiger partial charge in [-0.15, -0.1) is 0 Å². The zero-order valence-electron chi connectivity index (χ0n) is 15.9. The average molecular weight is 345 g/mol. The van der Waals surface area contributed by atoms with Crippen molar-refractivity contribution in [2.24, 2.45) is 10.9 Å². The third-order valence-corrected chi connectivity index (χ3v) is 5.23. The molecular weight excluding hydrogens is 312 g/mol. The SMILES string of the molecule is CCNC(=NCc1ccc2c(c1)CCCN2C)N1CCC(COC)C1. The zero-order chi connectivity index (χ0) is 17.6. The highest BCUT2D eigenvalue weighted by molar-refractivity contribution is 5.80. The van der Waals surface area contributed by atoms with Crippen molar-refractivity contribution in [3.8, 4) is 0 Å². The molecule has 25 heavy (non-hydrogen) atoms. The fraction of sp³-hybridized carbons (Fsp3) is 0.650. The molecule has 2 aliphatic rings. The Morgan fingerprint density at radius 3 is 3.04 bits per heavy atom. The summed E-state index contributed by atoms with van der Waals surface area (Å²) in [4.78, 5) is 9.64. The van der Waals surface area contributed by atoms with Crippen LogP contribution in [0.1, 0.15) is 30.9 Å². The Balaban J connectivity index is 1.67. The first-order valence-corrected chi connectivity index (χ1v) is 9.56. The highest BCUT2D eigenvalue weighted by atomic mass is 16.5. The molecule has 2 heterocycles. The van der Waals surface area contributed by atoms with Gasteiger partial charge in [-0.1, -0.05) is 12.1 Å². The van der Waals surface area contributed by atoms with Crippen molar-refractivity contribution in [2.75, 3.05) is 51.8 Å². The Kier molecular flexibility index (Phi) is 6.19. The van der Waals surface area contributed by atoms with Crippen LogP contribution in [0.15, 0.2) is 23.2 Å². The van der Waals surface area contributed by atoms with Crippen LogP contribution >= 0.6 is 0 Å². The maximum absolute atomic E-state index is 5.31. The minimum atomic E-state index is 0.619. The van der Waals surface area contributed by atoms with Gasteiger partial charge in [-0.05, 0) is 43.4 Å². The summed E-state index contributed by atoms with van der Waals surface area (Å²) in [7, 11) is 3.97. The van der Waals surface area contributed by atoms with Gasteiger partial charge in [0.15, 0.2) is 5.96 Å². The first-order chi connectivity index (χ1) is 12.2. The van der Waals surface area contributed by atoms with Crippen LogP contribution in [0, 0.1) is 5.92 Å². The van der Waals surface area contributed by atoms with E-state index in [4.69, 9.17) is 9.73 Å². The minimum absolute atomic E-state index is 0.619. The number of fused-ring (bicyclic) bond motifs is 1. The Hall–Kier alpha value is -1.75. The van der Waals surface area contributed by atoms with E-state index in [-0.39, 0.29) is 0 Å². The molecule has 0 spiro atoms. The molecule has 1 saturated heterocycles. The highest BCUT2D eigenvalue weighted by Gasteiger charge is 2.24. The van der Waals surface area contributed by atoms with Crippen molar-refractivity contribution in [2.45, 2.75) is 32.7 Å². The van der Waals surface area contributed by atoms with Crippen LogP contribution in [0.3, 0.4) is 0 Å². The predicted molar refractivity (Wildman–Crippen MR) is 104 cm³/mol. The summed E-state index contributed by atoms with van der Waals surface area (Å²) in [6.07, 6.45) is 3.61. The topological polar surface area (TPSA) is 40.1 Å². The van der Waals surface area contributed by atoms with E-state index < -0.39 is 0 Å². The van der Waals surface area contributed by atoms with Gasteiger partial charge in [0.1, 0.15) is 0 Å². The van der Waals surface area contributed by atoms with Crippen LogP contribution in [0.4, 0.5) is 5.69 Å². The van der Waals surface area contributed by atoms with Gasteiger partial charge in [0, 0.05) is 51.9 Å². The van der Waals surface area contributed by atoms with E-state index in [1.807, 2.05) is 0 Å². The lowest BCUT2D eigenvalue weighted by Crippen LogP contribution is -2.40. The molecule has 0 aliphatic carbocycles. The maximum Gasteiger partial charge on any atom is 0.194 e. The molecule has 3 rings (SSSR count). The number of nitrogens with one attached hydrogen (secondary N) is 1. The third kappa shape index (κ3) is 4.46. The predicted octanol–water partition coefficient (Wildman–Crippen LogP) is 2.50. The van der Waals surface area contributed by atoms with Crippen molar-refractivity contribution < 1.29 is 4.74 Å². The van der Waals surface area contributed by atoms with Crippen molar-refractivity contribution in [3.05, 3.63) is 29.3 Å². The third-order valence-electron chi connectivity index (χ3n) is 5.23. The van der Waals surface area contributed by atoms with E-state index in [1.165, 1.54) is 36.1 Å². The molecule has 0 amide bonds. The second-order valence-corrected chi connectivity index (χ2v) is 7.21. The molecule has 0 saturated carbocycles. The summed E-state index contributed by atoms with van der Waals surface area (Å²) < 4.78 is 5.31. The molecule has 1 fully saturated rings. The number of hydrogen-bond donors (Lipinski definition) is 1. The molecular formula is C20H32N4O. The molecule has 1 atom stereocenters. The summed E-state index contributed by atoms with van der Waals surface area (Å²) in [5, 5.41) is 3.45. The Bertz CT molecular complexity index is 601. The molecule has 0 radical (unpaired) electrons. The molecule has 2 aliphatic heterocycles. The van der Waals surface area contributed by atoms with Gasteiger partial charge >= 0.3 is 0 Å². The van der Waals surface area contributed by atoms with E-state index in [2.05, 4.69) is 47.3 Å². The molecule has 5 heteroatoms. The van der Waals surface area contributed by atoms with Gasteiger partial charge in [0.2, 0.25) is 0 Å². The van der Waals surface area contributed by atoms with Crippen molar-refractivity contribution in [3.63, 3.8) is 0 Å². The summed E-state index contributed by atoms with van der Waals surface area (Å²) >= 11 is 0. The summed E-state index contributed by atoms with van der Waals surface area (Å²) in [5.74, 6) is 1.66. The van der Waals surface area contributed by atoms with Crippen LogP contribution < -0.4 is 10.2 Å². The van der Waals surface area contributed by atoms with Crippen LogP contribution in [0.2, 0.25) is 0 Å². The van der Waals surface area contributed by atoms with Crippen LogP contribution in [0.5, 0.6) is 0 Å². The van der Waals surface area contributed by atoms with E-state index in [0.717, 1.165) is 45.3 Å². The van der Waals surface area contributed by atoms with Crippen molar-refractivity contribution >= 4 is 11.6 Å². The Morgan fingerprint density at radius 2 is 2.24 bits per heavy atom. The number of rotatable bonds is 5. The van der Waals surface area contributed by atoms with Crippen LogP contribution in [0.25, 0.3) is 0 Å². The van der Waals surface area contributed by atoms with Gasteiger partial charge in [-0.25, -0.2) is 4.99 Å². The van der Waals surface area contributed by atoms with Gasteiger partial charge in [0.25, 0.3) is 0 Å². The quantitative estimate of drug-likeness (QED) is 0.658. The summed E-state index contributed by atoms with van der Waals surface area (Å²) in [6, 6.07) is 6.83. The monoisotopic (exact) mass is 344 g/mol. The van der Waals surface area contributed by atoms with Gasteiger partial charge < -0.3 is 19.9 Å². The zero-order valence-corrected chi connectivity index (χ0v) is 15.9. The lowest BCUT2D eigenvalue weighted by Gasteiger charge is -2.27. The van der Waals surface area contributed by atoms with E-state index >= 15 is 0 Å². The van der Waals surface area contributed by atoms with E-state index in [1.54, 1.807) is 7.11 Å². The average Bonchev–Trinajstić information content (AvgIpc) is 3.07. The van der Waals surface area contributed by atoms with Crippen LogP contribution in [-0.4, -0.2) is 57.8 Å². The second kappa shape index (κ2) is 8.56. The van der Waals surface area contributed by atoms with Crippen molar-refractivity contribution in [1.82, 2.24) is 10.2 Å². The molecule has 1 unspecified atom stereocenters. The van der Waals surface area contributed by atoms with Crippen molar-refractivity contribution in [1.29, 1.82) is 0 Å². The Labute approximate surface area is 152 Å². The first kappa shape index (κ1) is 18.1. The first-order valence-electron chi connectivity index (χ1n) is 9.56.